The SMILES string of the molecule is O=C(O)CC(C(=O)O)(C1CCCCC1)P(=O)(O)O. The van der Waals surface area contributed by atoms with E-state index in [4.69, 9.17) is 5.11 Å². The van der Waals surface area contributed by atoms with Crippen LogP contribution >= 0.6 is 7.60 Å². The van der Waals surface area contributed by atoms with Gasteiger partial charge in [0.1, 0.15) is 0 Å². The average Bonchev–Trinajstić information content (AvgIpc) is 2.24. The van der Waals surface area contributed by atoms with Gasteiger partial charge in [-0.25, -0.2) is 0 Å². The summed E-state index contributed by atoms with van der Waals surface area (Å²) >= 11 is 0. The summed E-state index contributed by atoms with van der Waals surface area (Å²) in [5, 5.41) is 15.5. The lowest BCUT2D eigenvalue weighted by atomic mass is 9.77. The van der Waals surface area contributed by atoms with Gasteiger partial charge in [-0.3, -0.25) is 14.2 Å². The zero-order valence-corrected chi connectivity index (χ0v) is 10.7. The van der Waals surface area contributed by atoms with Crippen LogP contribution < -0.4 is 0 Å². The molecule has 0 aromatic rings. The molecule has 0 heterocycles. The van der Waals surface area contributed by atoms with Gasteiger partial charge in [-0.1, -0.05) is 19.3 Å². The molecule has 1 atom stereocenters. The standard InChI is InChI=1S/C10H17O7P/c11-8(12)6-10(9(13)14,18(15,16)17)7-4-2-1-3-5-7/h7H,1-6H2,(H,11,12)(H,13,14)(H2,15,16,17). The maximum atomic E-state index is 11.6. The number of hydrogen-bond acceptors (Lipinski definition) is 3. The lowest BCUT2D eigenvalue weighted by Crippen LogP contribution is -2.48. The van der Waals surface area contributed by atoms with E-state index >= 15 is 0 Å². The highest BCUT2D eigenvalue weighted by atomic mass is 31.2. The van der Waals surface area contributed by atoms with Crippen molar-refractivity contribution >= 4 is 19.5 Å². The van der Waals surface area contributed by atoms with Crippen molar-refractivity contribution in [2.75, 3.05) is 0 Å². The van der Waals surface area contributed by atoms with Crippen LogP contribution in [0, 0.1) is 5.92 Å². The van der Waals surface area contributed by atoms with Crippen LogP contribution in [0.5, 0.6) is 0 Å². The van der Waals surface area contributed by atoms with Crippen LogP contribution in [0.3, 0.4) is 0 Å². The first-order valence-electron chi connectivity index (χ1n) is 5.72. The predicted octanol–water partition coefficient (Wildman–Crippen LogP) is 1.04. The molecule has 0 aliphatic heterocycles. The molecule has 7 nitrogen and oxygen atoms in total. The molecule has 0 radical (unpaired) electrons. The predicted molar refractivity (Wildman–Crippen MR) is 61.2 cm³/mol. The Morgan fingerprint density at radius 3 is 1.94 bits per heavy atom. The molecule has 18 heavy (non-hydrogen) atoms. The molecule has 0 bridgehead atoms. The van der Waals surface area contributed by atoms with E-state index in [0.29, 0.717) is 25.7 Å². The minimum absolute atomic E-state index is 0.338. The second kappa shape index (κ2) is 5.38. The maximum Gasteiger partial charge on any atom is 0.343 e. The number of carboxylic acid groups (broad SMARTS) is 2. The van der Waals surface area contributed by atoms with Crippen molar-refractivity contribution in [2.24, 2.45) is 5.92 Å². The average molecular weight is 280 g/mol. The molecule has 0 saturated heterocycles. The first kappa shape index (κ1) is 15.1. The summed E-state index contributed by atoms with van der Waals surface area (Å²) in [5.41, 5.74) is 0. The van der Waals surface area contributed by atoms with Gasteiger partial charge in [0, 0.05) is 0 Å². The summed E-state index contributed by atoms with van der Waals surface area (Å²) in [6, 6.07) is 0. The van der Waals surface area contributed by atoms with Gasteiger partial charge in [0.2, 0.25) is 0 Å². The molecule has 8 heteroatoms. The fourth-order valence-electron chi connectivity index (χ4n) is 2.67. The van der Waals surface area contributed by atoms with Crippen molar-refractivity contribution in [1.29, 1.82) is 0 Å². The summed E-state index contributed by atoms with van der Waals surface area (Å²) < 4.78 is 11.6. The van der Waals surface area contributed by atoms with Gasteiger partial charge < -0.3 is 20.0 Å². The summed E-state index contributed by atoms with van der Waals surface area (Å²) in [7, 11) is -5.07. The summed E-state index contributed by atoms with van der Waals surface area (Å²) in [6.45, 7) is 0. The Morgan fingerprint density at radius 2 is 1.61 bits per heavy atom. The van der Waals surface area contributed by atoms with E-state index in [1.807, 2.05) is 0 Å². The molecule has 104 valence electrons. The lowest BCUT2D eigenvalue weighted by Gasteiger charge is -2.38. The normalized spacial score (nSPS) is 21.2. The van der Waals surface area contributed by atoms with Crippen molar-refractivity contribution in [2.45, 2.75) is 43.7 Å². The zero-order valence-electron chi connectivity index (χ0n) is 9.78. The van der Waals surface area contributed by atoms with E-state index in [-0.39, 0.29) is 0 Å². The van der Waals surface area contributed by atoms with Gasteiger partial charge in [0.25, 0.3) is 0 Å². The first-order chi connectivity index (χ1) is 8.22. The van der Waals surface area contributed by atoms with Gasteiger partial charge in [-0.2, -0.15) is 0 Å². The third kappa shape index (κ3) is 2.74. The third-order valence-corrected chi connectivity index (χ3v) is 5.35. The molecule has 1 unspecified atom stereocenters. The minimum Gasteiger partial charge on any atom is -0.481 e. The van der Waals surface area contributed by atoms with Crippen molar-refractivity contribution in [3.05, 3.63) is 0 Å². The topological polar surface area (TPSA) is 132 Å². The van der Waals surface area contributed by atoms with Crippen molar-refractivity contribution in [3.63, 3.8) is 0 Å². The highest BCUT2D eigenvalue weighted by molar-refractivity contribution is 7.54. The van der Waals surface area contributed by atoms with Crippen molar-refractivity contribution in [1.82, 2.24) is 0 Å². The molecule has 1 aliphatic rings. The summed E-state index contributed by atoms with van der Waals surface area (Å²) in [5.74, 6) is -4.02. The zero-order chi connectivity index (χ0) is 14.0. The van der Waals surface area contributed by atoms with Crippen molar-refractivity contribution in [3.8, 4) is 0 Å². The molecular formula is C10H17O7P. The van der Waals surface area contributed by atoms with Gasteiger partial charge in [-0.15, -0.1) is 0 Å². The Labute approximate surface area is 104 Å². The Kier molecular flexibility index (Phi) is 4.53. The highest BCUT2D eigenvalue weighted by Gasteiger charge is 2.60. The van der Waals surface area contributed by atoms with Crippen LogP contribution in [0.2, 0.25) is 0 Å². The maximum absolute atomic E-state index is 11.6. The molecular weight excluding hydrogens is 263 g/mol. The van der Waals surface area contributed by atoms with Gasteiger partial charge in [0.15, 0.2) is 5.16 Å². The second-order valence-corrected chi connectivity index (χ2v) is 6.56. The van der Waals surface area contributed by atoms with Crippen LogP contribution in [-0.2, 0) is 14.2 Å². The molecule has 0 spiro atoms. The van der Waals surface area contributed by atoms with E-state index in [1.165, 1.54) is 0 Å². The smallest absolute Gasteiger partial charge is 0.343 e. The number of carboxylic acids is 2. The van der Waals surface area contributed by atoms with E-state index < -0.39 is 37.0 Å². The lowest BCUT2D eigenvalue weighted by molar-refractivity contribution is -0.149. The van der Waals surface area contributed by atoms with E-state index in [2.05, 4.69) is 0 Å². The number of rotatable bonds is 5. The number of carbonyl (C=O) groups is 2. The van der Waals surface area contributed by atoms with Gasteiger partial charge >= 0.3 is 19.5 Å². The monoisotopic (exact) mass is 280 g/mol. The Balaban J connectivity index is 3.23. The first-order valence-corrected chi connectivity index (χ1v) is 7.34. The number of hydrogen-bond donors (Lipinski definition) is 4. The Bertz CT molecular complexity index is 382. The van der Waals surface area contributed by atoms with Crippen LogP contribution in [0.25, 0.3) is 0 Å². The quantitative estimate of drug-likeness (QED) is 0.553. The van der Waals surface area contributed by atoms with Crippen LogP contribution in [0.15, 0.2) is 0 Å². The largest absolute Gasteiger partial charge is 0.481 e. The molecule has 0 aromatic carbocycles. The molecule has 0 aromatic heterocycles. The third-order valence-electron chi connectivity index (χ3n) is 3.59. The molecule has 1 fully saturated rings. The highest BCUT2D eigenvalue weighted by Crippen LogP contribution is 2.59. The second-order valence-electron chi connectivity index (χ2n) is 4.68. The number of aliphatic carboxylic acids is 2. The van der Waals surface area contributed by atoms with E-state index in [0.717, 1.165) is 6.42 Å². The molecule has 1 saturated carbocycles. The van der Waals surface area contributed by atoms with Crippen LogP contribution in [0.4, 0.5) is 0 Å². The van der Waals surface area contributed by atoms with Crippen LogP contribution in [-0.4, -0.2) is 37.1 Å². The molecule has 4 N–H and O–H groups in total. The Morgan fingerprint density at radius 1 is 1.11 bits per heavy atom. The molecule has 1 aliphatic carbocycles. The fourth-order valence-corrected chi connectivity index (χ4v) is 3.99. The fraction of sp³-hybridized carbons (Fsp3) is 0.800. The van der Waals surface area contributed by atoms with E-state index in [1.54, 1.807) is 0 Å². The molecule has 1 rings (SSSR count). The van der Waals surface area contributed by atoms with Gasteiger partial charge in [-0.05, 0) is 18.8 Å². The Hall–Kier alpha value is -0.910. The molecule has 0 amide bonds. The van der Waals surface area contributed by atoms with Crippen molar-refractivity contribution < 1.29 is 34.2 Å². The summed E-state index contributed by atoms with van der Waals surface area (Å²) in [6.07, 6.45) is 1.84. The summed E-state index contributed by atoms with van der Waals surface area (Å²) in [4.78, 5) is 40.9. The van der Waals surface area contributed by atoms with E-state index in [9.17, 15) is 29.0 Å². The minimum atomic E-state index is -5.07. The van der Waals surface area contributed by atoms with Crippen LogP contribution in [0.1, 0.15) is 38.5 Å². The van der Waals surface area contributed by atoms with Gasteiger partial charge in [0.05, 0.1) is 6.42 Å².